The number of fused-ring (bicyclic) bond motifs is 3. The Labute approximate surface area is 238 Å². The fraction of sp³-hybridized carbons (Fsp3) is 0.147. The first-order valence-corrected chi connectivity index (χ1v) is 12.9. The number of carbonyl (C=O) groups excluding carboxylic acids is 3. The van der Waals surface area contributed by atoms with Gasteiger partial charge in [-0.2, -0.15) is 18.2 Å². The molecule has 4 nitrogen and oxygen atoms in total. The molecule has 0 saturated carbocycles. The number of hydrogen-bond donors (Lipinski definition) is 0. The predicted octanol–water partition coefficient (Wildman–Crippen LogP) is 5.81. The van der Waals surface area contributed by atoms with E-state index in [-0.39, 0.29) is 34.4 Å². The van der Waals surface area contributed by atoms with Gasteiger partial charge < -0.3 is 0 Å². The van der Waals surface area contributed by atoms with E-state index in [9.17, 15) is 14.4 Å². The van der Waals surface area contributed by atoms with Crippen LogP contribution in [0, 0.1) is 30.1 Å². The summed E-state index contributed by atoms with van der Waals surface area (Å²) in [6, 6.07) is 28.6. The van der Waals surface area contributed by atoms with Gasteiger partial charge in [-0.05, 0) is 29.3 Å². The first-order chi connectivity index (χ1) is 18.5. The number of ketones is 3. The third-order valence-corrected chi connectivity index (χ3v) is 8.77. The number of rotatable bonds is 1. The largest absolute Gasteiger partial charge is 2.00 e. The Morgan fingerprint density at radius 2 is 1.44 bits per heavy atom. The van der Waals surface area contributed by atoms with Crippen LogP contribution >= 0.6 is 0 Å². The molecule has 192 valence electrons. The van der Waals surface area contributed by atoms with E-state index < -0.39 is 16.9 Å². The Morgan fingerprint density at radius 3 is 2.03 bits per heavy atom. The van der Waals surface area contributed by atoms with Crippen LogP contribution in [0.5, 0.6) is 0 Å². The fourth-order valence-corrected chi connectivity index (χ4v) is 7.37. The number of hydrogen-bond acceptors (Lipinski definition) is 4. The minimum Gasteiger partial charge on any atom is -0.293 e. The van der Waals surface area contributed by atoms with Crippen molar-refractivity contribution in [1.29, 1.82) is 0 Å². The Bertz CT molecular complexity index is 1590. The van der Waals surface area contributed by atoms with Gasteiger partial charge in [0.25, 0.3) is 0 Å². The number of likely N-dealkylation sites (N-methyl/N-ethyl adjacent to an activating group) is 1. The average molecular weight is 551 g/mol. The Balaban J connectivity index is 0.000000418. The molecule has 0 N–H and O–H groups in total. The van der Waals surface area contributed by atoms with Crippen LogP contribution in [0.2, 0.25) is 0 Å². The monoisotopic (exact) mass is 551 g/mol. The number of carbonyl (C=O) groups is 3. The van der Waals surface area contributed by atoms with E-state index in [1.165, 1.54) is 0 Å². The van der Waals surface area contributed by atoms with Crippen LogP contribution in [0.15, 0.2) is 103 Å². The van der Waals surface area contributed by atoms with Crippen molar-refractivity contribution >= 4 is 28.1 Å². The van der Waals surface area contributed by atoms with E-state index >= 15 is 0 Å². The third-order valence-electron chi connectivity index (χ3n) is 8.77. The molecule has 2 spiro atoms. The quantitative estimate of drug-likeness (QED) is 0.170. The van der Waals surface area contributed by atoms with Crippen LogP contribution in [0.4, 0.5) is 0 Å². The second-order valence-electron chi connectivity index (χ2n) is 10.4. The first kappa shape index (κ1) is 25.6. The molecule has 1 fully saturated rings. The van der Waals surface area contributed by atoms with Gasteiger partial charge in [-0.3, -0.25) is 19.3 Å². The van der Waals surface area contributed by atoms with Crippen LogP contribution in [0.25, 0.3) is 10.8 Å². The number of nitrogens with zero attached hydrogens (tertiary/aromatic N) is 1. The SMILES string of the molecule is CN1C[C@@H]([C]2[CH]C=C[CH-]2)C2(C(=O)c3ccccc3C2=O)[C@]12C(=O)c1cccc3cccc2c13.[Fe+2].c1cc[cH-]c1. The Hall–Kier alpha value is -3.63. The molecule has 39 heavy (non-hydrogen) atoms. The molecule has 4 aromatic rings. The van der Waals surface area contributed by atoms with E-state index in [4.69, 9.17) is 0 Å². The molecule has 0 bridgehead atoms. The minimum atomic E-state index is -1.55. The number of allylic oxidation sites excluding steroid dienone is 2. The van der Waals surface area contributed by atoms with Crippen molar-refractivity contribution in [2.24, 2.45) is 11.3 Å². The van der Waals surface area contributed by atoms with Gasteiger partial charge in [0, 0.05) is 23.2 Å². The van der Waals surface area contributed by atoms with Crippen molar-refractivity contribution in [3.8, 4) is 0 Å². The summed E-state index contributed by atoms with van der Waals surface area (Å²) in [6.45, 7) is 0.436. The molecule has 5 heteroatoms. The zero-order valence-electron chi connectivity index (χ0n) is 21.3. The summed E-state index contributed by atoms with van der Waals surface area (Å²) >= 11 is 0. The molecule has 0 amide bonds. The molecular formula is C34H25FeNO3. The van der Waals surface area contributed by atoms with Crippen molar-refractivity contribution in [2.45, 2.75) is 5.54 Å². The predicted molar refractivity (Wildman–Crippen MR) is 147 cm³/mol. The molecule has 8 rings (SSSR count). The van der Waals surface area contributed by atoms with Gasteiger partial charge in [0.2, 0.25) is 0 Å². The Morgan fingerprint density at radius 1 is 0.795 bits per heavy atom. The smallest absolute Gasteiger partial charge is 0.293 e. The van der Waals surface area contributed by atoms with Crippen molar-refractivity contribution in [3.63, 3.8) is 0 Å². The summed E-state index contributed by atoms with van der Waals surface area (Å²) in [7, 11) is 1.89. The fourth-order valence-electron chi connectivity index (χ4n) is 7.37. The molecule has 1 aliphatic heterocycles. The van der Waals surface area contributed by atoms with Crippen LogP contribution < -0.4 is 0 Å². The number of benzene rings is 3. The minimum absolute atomic E-state index is 0. The van der Waals surface area contributed by atoms with E-state index in [1.54, 1.807) is 24.3 Å². The topological polar surface area (TPSA) is 54.5 Å². The zero-order valence-corrected chi connectivity index (χ0v) is 22.4. The molecule has 0 unspecified atom stereocenters. The molecule has 3 aliphatic carbocycles. The summed E-state index contributed by atoms with van der Waals surface area (Å²) in [5.74, 6) is -0.142. The van der Waals surface area contributed by atoms with E-state index in [0.717, 1.165) is 22.3 Å². The normalized spacial score (nSPS) is 24.2. The summed E-state index contributed by atoms with van der Waals surface area (Å²) in [6.07, 6.45) is 7.79. The van der Waals surface area contributed by atoms with Gasteiger partial charge in [0.15, 0.2) is 17.3 Å². The molecule has 2 radical (unpaired) electrons. The molecule has 4 aromatic carbocycles. The summed E-state index contributed by atoms with van der Waals surface area (Å²) < 4.78 is 0. The maximum Gasteiger partial charge on any atom is 2.00 e. The molecule has 2 atom stereocenters. The summed E-state index contributed by atoms with van der Waals surface area (Å²) in [4.78, 5) is 45.4. The second kappa shape index (κ2) is 9.24. The molecule has 1 heterocycles. The van der Waals surface area contributed by atoms with Crippen molar-refractivity contribution in [3.05, 3.63) is 144 Å². The summed E-state index contributed by atoms with van der Waals surface area (Å²) in [5.41, 5.74) is -0.731. The van der Waals surface area contributed by atoms with E-state index in [0.29, 0.717) is 23.2 Å². The van der Waals surface area contributed by atoms with Gasteiger partial charge in [-0.25, -0.2) is 30.7 Å². The Kier molecular flexibility index (Phi) is 6.07. The number of Topliss-reactive ketones (excluding diaryl/α,β-unsaturated/α-hetero) is 3. The maximum atomic E-state index is 14.5. The second-order valence-corrected chi connectivity index (χ2v) is 10.4. The standard InChI is InChI=1S/C29H20NO3.C5H5.Fe/c1-30-16-23(17-8-2-3-9-17)28(25(31)19-12-4-5-13-20(19)26(28)32)29(30)22-15-7-11-18-10-6-14-21(24(18)22)27(29)33;1-2-4-5-3-1;/h2-15,23H,16H2,1H3;1-5H;/q2*-1;+2/t23-,29-;;/m0../s1. The molecule has 4 aliphatic rings. The molecular weight excluding hydrogens is 526 g/mol. The van der Waals surface area contributed by atoms with Crippen molar-refractivity contribution in [2.75, 3.05) is 13.6 Å². The molecule has 1 saturated heterocycles. The van der Waals surface area contributed by atoms with E-state index in [1.807, 2.05) is 104 Å². The third kappa shape index (κ3) is 3.07. The van der Waals surface area contributed by atoms with Crippen LogP contribution in [0.3, 0.4) is 0 Å². The van der Waals surface area contributed by atoms with Crippen LogP contribution in [-0.2, 0) is 22.6 Å². The maximum absolute atomic E-state index is 14.5. The zero-order chi connectivity index (χ0) is 26.1. The molecule has 0 aromatic heterocycles. The number of likely N-dealkylation sites (tertiary alicyclic amines) is 1. The van der Waals surface area contributed by atoms with Crippen molar-refractivity contribution in [1.82, 2.24) is 4.90 Å². The first-order valence-electron chi connectivity index (χ1n) is 12.9. The van der Waals surface area contributed by atoms with Gasteiger partial charge in [0.1, 0.15) is 11.0 Å². The summed E-state index contributed by atoms with van der Waals surface area (Å²) in [5, 5.41) is 1.81. The van der Waals surface area contributed by atoms with Crippen molar-refractivity contribution < 1.29 is 31.5 Å². The van der Waals surface area contributed by atoms with Gasteiger partial charge in [0.05, 0.1) is 0 Å². The van der Waals surface area contributed by atoms with Gasteiger partial charge in [-0.1, -0.05) is 66.6 Å². The van der Waals surface area contributed by atoms with Crippen LogP contribution in [-0.4, -0.2) is 35.8 Å². The average Bonchev–Trinajstić information content (AvgIpc) is 3.77. The van der Waals surface area contributed by atoms with Gasteiger partial charge >= 0.3 is 17.1 Å². The van der Waals surface area contributed by atoms with E-state index in [2.05, 4.69) is 0 Å². The van der Waals surface area contributed by atoms with Gasteiger partial charge in [-0.15, -0.1) is 6.42 Å². The van der Waals surface area contributed by atoms with Crippen LogP contribution in [0.1, 0.15) is 36.6 Å².